The molecule has 1 aromatic rings. The molecule has 1 fully saturated rings. The van der Waals surface area contributed by atoms with E-state index in [0.29, 0.717) is 11.4 Å². The Bertz CT molecular complexity index is 524. The van der Waals surface area contributed by atoms with Gasteiger partial charge in [0, 0.05) is 11.4 Å². The van der Waals surface area contributed by atoms with Gasteiger partial charge in [-0.15, -0.1) is 11.3 Å². The average molecular weight is 312 g/mol. The minimum atomic E-state index is -0.962. The summed E-state index contributed by atoms with van der Waals surface area (Å²) in [4.78, 5) is 25.8. The lowest BCUT2D eigenvalue weighted by Crippen LogP contribution is -2.66. The summed E-state index contributed by atoms with van der Waals surface area (Å²) in [6, 6.07) is 2.75. The molecule has 0 bridgehead atoms. The Hall–Kier alpha value is -1.44. The van der Waals surface area contributed by atoms with Crippen molar-refractivity contribution in [3.05, 3.63) is 22.4 Å². The second-order valence-corrected chi connectivity index (χ2v) is 7.06. The fourth-order valence-corrected chi connectivity index (χ4v) is 3.13. The normalized spacial score (nSPS) is 24.2. The van der Waals surface area contributed by atoms with E-state index >= 15 is 0 Å². The van der Waals surface area contributed by atoms with E-state index in [-0.39, 0.29) is 5.97 Å². The number of carbonyl (C=O) groups is 2. The number of aliphatic carboxylic acids is 1. The Morgan fingerprint density at radius 1 is 1.52 bits per heavy atom. The van der Waals surface area contributed by atoms with Gasteiger partial charge in [0.2, 0.25) is 0 Å². The Labute approximate surface area is 127 Å². The molecule has 0 aromatic carbocycles. The van der Waals surface area contributed by atoms with Crippen LogP contribution in [-0.2, 0) is 14.3 Å². The topological polar surface area (TPSA) is 92.9 Å². The molecule has 1 aromatic heterocycles. The molecular weight excluding hydrogens is 292 g/mol. The maximum atomic E-state index is 12.0. The van der Waals surface area contributed by atoms with Gasteiger partial charge in [0.05, 0.1) is 12.1 Å². The number of nitrogens with zero attached hydrogens (tertiary/aromatic N) is 1. The lowest BCUT2D eigenvalue weighted by molar-refractivity contribution is -0.176. The Kier molecular flexibility index (Phi) is 4.36. The highest BCUT2D eigenvalue weighted by molar-refractivity contribution is 7.10. The second kappa shape index (κ2) is 5.75. The maximum Gasteiger partial charge on any atom is 0.326 e. The maximum absolute atomic E-state index is 12.0. The smallest absolute Gasteiger partial charge is 0.326 e. The standard InChI is InChI=1S/C14H20N2O4S/c1-14(2,3)20-13(19)8-7-16(11(8)15)10(12(17)18)9-5-4-6-21-9/h4-6,8,10-11H,7,15H2,1-3H3,(H,17,18)/t8-,10+,11-/m1/s1. The number of hydrogen-bond acceptors (Lipinski definition) is 6. The van der Waals surface area contributed by atoms with Gasteiger partial charge >= 0.3 is 11.9 Å². The quantitative estimate of drug-likeness (QED) is 0.817. The van der Waals surface area contributed by atoms with Gasteiger partial charge in [-0.1, -0.05) is 6.07 Å². The first-order valence-corrected chi connectivity index (χ1v) is 7.59. The van der Waals surface area contributed by atoms with E-state index in [9.17, 15) is 14.7 Å². The van der Waals surface area contributed by atoms with Crippen molar-refractivity contribution in [2.75, 3.05) is 6.54 Å². The highest BCUT2D eigenvalue weighted by Gasteiger charge is 2.48. The van der Waals surface area contributed by atoms with Gasteiger partial charge in [-0.25, -0.2) is 0 Å². The zero-order valence-electron chi connectivity index (χ0n) is 12.3. The molecule has 7 heteroatoms. The lowest BCUT2D eigenvalue weighted by Gasteiger charge is -2.47. The number of nitrogens with two attached hydrogens (primary N) is 1. The summed E-state index contributed by atoms with van der Waals surface area (Å²) >= 11 is 1.36. The molecule has 6 nitrogen and oxygen atoms in total. The van der Waals surface area contributed by atoms with Crippen LogP contribution in [0.4, 0.5) is 0 Å². The molecule has 0 aliphatic carbocycles. The molecule has 3 N–H and O–H groups in total. The summed E-state index contributed by atoms with van der Waals surface area (Å²) < 4.78 is 5.30. The molecule has 116 valence electrons. The summed E-state index contributed by atoms with van der Waals surface area (Å²) in [5.41, 5.74) is 5.43. The van der Waals surface area contributed by atoms with E-state index in [2.05, 4.69) is 0 Å². The van der Waals surface area contributed by atoms with Gasteiger partial charge in [0.25, 0.3) is 0 Å². The summed E-state index contributed by atoms with van der Waals surface area (Å²) in [5, 5.41) is 11.2. The van der Waals surface area contributed by atoms with Crippen LogP contribution in [0.3, 0.4) is 0 Å². The van der Waals surface area contributed by atoms with E-state index in [1.165, 1.54) is 11.3 Å². The van der Waals surface area contributed by atoms with Crippen molar-refractivity contribution in [2.45, 2.75) is 38.6 Å². The minimum Gasteiger partial charge on any atom is -0.480 e. The van der Waals surface area contributed by atoms with Crippen LogP contribution in [-0.4, -0.2) is 40.3 Å². The molecule has 0 spiro atoms. The monoisotopic (exact) mass is 312 g/mol. The summed E-state index contributed by atoms with van der Waals surface area (Å²) in [7, 11) is 0. The van der Waals surface area contributed by atoms with Crippen LogP contribution >= 0.6 is 11.3 Å². The van der Waals surface area contributed by atoms with Crippen molar-refractivity contribution in [3.8, 4) is 0 Å². The molecule has 0 unspecified atom stereocenters. The Balaban J connectivity index is 2.05. The molecule has 0 radical (unpaired) electrons. The Morgan fingerprint density at radius 2 is 2.19 bits per heavy atom. The van der Waals surface area contributed by atoms with E-state index in [4.69, 9.17) is 10.5 Å². The molecule has 2 rings (SSSR count). The largest absolute Gasteiger partial charge is 0.480 e. The minimum absolute atomic E-state index is 0.297. The molecule has 0 amide bonds. The van der Waals surface area contributed by atoms with Crippen molar-refractivity contribution < 1.29 is 19.4 Å². The predicted octanol–water partition coefficient (Wildman–Crippen LogP) is 1.43. The van der Waals surface area contributed by atoms with Crippen LogP contribution in [0.25, 0.3) is 0 Å². The van der Waals surface area contributed by atoms with Crippen LogP contribution in [0.2, 0.25) is 0 Å². The zero-order chi connectivity index (χ0) is 15.8. The van der Waals surface area contributed by atoms with Crippen molar-refractivity contribution >= 4 is 23.3 Å². The molecule has 21 heavy (non-hydrogen) atoms. The van der Waals surface area contributed by atoms with E-state index < -0.39 is 29.7 Å². The van der Waals surface area contributed by atoms with Crippen LogP contribution in [0.1, 0.15) is 31.7 Å². The van der Waals surface area contributed by atoms with Crippen LogP contribution in [0.5, 0.6) is 0 Å². The van der Waals surface area contributed by atoms with Gasteiger partial charge in [0.15, 0.2) is 0 Å². The molecule has 1 aliphatic heterocycles. The van der Waals surface area contributed by atoms with Gasteiger partial charge in [0.1, 0.15) is 11.6 Å². The first kappa shape index (κ1) is 15.9. The fraction of sp³-hybridized carbons (Fsp3) is 0.571. The number of esters is 1. The SMILES string of the molecule is CC(C)(C)OC(=O)[C@@H]1CN([C@H](C(=O)O)c2cccs2)[C@H]1N. The highest BCUT2D eigenvalue weighted by Crippen LogP contribution is 2.35. The number of carbonyl (C=O) groups excluding carboxylic acids is 1. The number of ether oxygens (including phenoxy) is 1. The number of thiophene rings is 1. The second-order valence-electron chi connectivity index (χ2n) is 6.08. The van der Waals surface area contributed by atoms with Crippen LogP contribution in [0.15, 0.2) is 17.5 Å². The lowest BCUT2D eigenvalue weighted by atomic mass is 9.92. The number of carboxylic acid groups (broad SMARTS) is 1. The molecule has 0 saturated carbocycles. The molecule has 1 aliphatic rings. The zero-order valence-corrected chi connectivity index (χ0v) is 13.1. The van der Waals surface area contributed by atoms with Gasteiger partial charge in [-0.2, -0.15) is 0 Å². The molecule has 3 atom stereocenters. The van der Waals surface area contributed by atoms with Crippen molar-refractivity contribution in [2.24, 2.45) is 11.7 Å². The van der Waals surface area contributed by atoms with Gasteiger partial charge < -0.3 is 15.6 Å². The number of likely N-dealkylation sites (tertiary alicyclic amines) is 1. The number of hydrogen-bond donors (Lipinski definition) is 2. The van der Waals surface area contributed by atoms with E-state index in [1.54, 1.807) is 37.8 Å². The predicted molar refractivity (Wildman–Crippen MR) is 78.7 cm³/mol. The third-order valence-corrected chi connectivity index (χ3v) is 4.22. The highest BCUT2D eigenvalue weighted by atomic mass is 32.1. The molecule has 1 saturated heterocycles. The summed E-state index contributed by atoms with van der Waals surface area (Å²) in [5.74, 6) is -1.82. The average Bonchev–Trinajstić information content (AvgIpc) is 2.83. The summed E-state index contributed by atoms with van der Waals surface area (Å²) in [6.45, 7) is 5.67. The number of rotatable bonds is 4. The van der Waals surface area contributed by atoms with Crippen LogP contribution < -0.4 is 5.73 Å². The van der Waals surface area contributed by atoms with Crippen molar-refractivity contribution in [3.63, 3.8) is 0 Å². The fourth-order valence-electron chi connectivity index (χ4n) is 2.29. The first-order valence-electron chi connectivity index (χ1n) is 6.71. The summed E-state index contributed by atoms with van der Waals surface area (Å²) in [6.07, 6.45) is -0.636. The van der Waals surface area contributed by atoms with E-state index in [1.807, 2.05) is 5.38 Å². The van der Waals surface area contributed by atoms with Crippen LogP contribution in [0, 0.1) is 5.92 Å². The third-order valence-electron chi connectivity index (χ3n) is 3.29. The van der Waals surface area contributed by atoms with Crippen molar-refractivity contribution in [1.29, 1.82) is 0 Å². The number of carboxylic acids is 1. The van der Waals surface area contributed by atoms with Gasteiger partial charge in [-0.05, 0) is 32.2 Å². The first-order chi connectivity index (χ1) is 9.70. The van der Waals surface area contributed by atoms with Gasteiger partial charge in [-0.3, -0.25) is 14.5 Å². The van der Waals surface area contributed by atoms with E-state index in [0.717, 1.165) is 0 Å². The molecular formula is C14H20N2O4S. The van der Waals surface area contributed by atoms with Crippen molar-refractivity contribution in [1.82, 2.24) is 4.90 Å². The molecule has 2 heterocycles. The third kappa shape index (κ3) is 3.42. The Morgan fingerprint density at radius 3 is 2.62 bits per heavy atom.